The molecule has 5 aromatic carbocycles. The van der Waals surface area contributed by atoms with E-state index >= 15 is 0 Å². The number of nitrogens with one attached hydrogen (secondary N) is 1. The minimum Gasteiger partial charge on any atom is -0.317 e. The first-order chi connectivity index (χ1) is 21.2. The third kappa shape index (κ3) is 4.60. The number of benzene rings is 5. The van der Waals surface area contributed by atoms with Crippen LogP contribution < -0.4 is 11.0 Å². The van der Waals surface area contributed by atoms with E-state index in [0.717, 1.165) is 86.8 Å². The molecule has 6 heteroatoms. The van der Waals surface area contributed by atoms with Crippen LogP contribution in [0, 0.1) is 0 Å². The first-order valence-electron chi connectivity index (χ1n) is 15.0. The molecule has 0 aliphatic carbocycles. The quantitative estimate of drug-likeness (QED) is 0.226. The van der Waals surface area contributed by atoms with Crippen molar-refractivity contribution in [3.05, 3.63) is 131 Å². The first-order valence-corrected chi connectivity index (χ1v) is 15.0. The minimum absolute atomic E-state index is 0.0659. The Hall–Kier alpha value is -5.07. The zero-order chi connectivity index (χ0) is 28.8. The maximum Gasteiger partial charge on any atom is 0.329 e. The Morgan fingerprint density at radius 1 is 0.651 bits per heavy atom. The lowest BCUT2D eigenvalue weighted by atomic mass is 10.0. The Morgan fingerprint density at radius 3 is 1.86 bits per heavy atom. The molecule has 0 unspecified atom stereocenters. The molecule has 1 N–H and O–H groups in total. The van der Waals surface area contributed by atoms with Gasteiger partial charge in [-0.1, -0.05) is 91.0 Å². The lowest BCUT2D eigenvalue weighted by Gasteiger charge is -2.23. The summed E-state index contributed by atoms with van der Waals surface area (Å²) in [7, 11) is 0. The molecule has 1 fully saturated rings. The molecule has 43 heavy (non-hydrogen) atoms. The zero-order valence-electron chi connectivity index (χ0n) is 23.8. The molecule has 0 bridgehead atoms. The van der Waals surface area contributed by atoms with Gasteiger partial charge in [-0.2, -0.15) is 0 Å². The van der Waals surface area contributed by atoms with Crippen molar-refractivity contribution in [2.24, 2.45) is 0 Å². The van der Waals surface area contributed by atoms with E-state index in [1.54, 1.807) is 0 Å². The molecule has 0 spiro atoms. The summed E-state index contributed by atoms with van der Waals surface area (Å²) in [6, 6.07) is 39.6. The summed E-state index contributed by atoms with van der Waals surface area (Å²) in [5.74, 6) is 0. The van der Waals surface area contributed by atoms with E-state index in [2.05, 4.69) is 90.2 Å². The lowest BCUT2D eigenvalue weighted by molar-refractivity contribution is 0.365. The molecule has 2 aromatic heterocycles. The van der Waals surface area contributed by atoms with Crippen LogP contribution >= 0.6 is 0 Å². The number of rotatable bonds is 5. The molecular weight excluding hydrogens is 530 g/mol. The third-order valence-corrected chi connectivity index (χ3v) is 8.69. The average Bonchev–Trinajstić information content (AvgIpc) is 3.35. The molecule has 1 aliphatic heterocycles. The van der Waals surface area contributed by atoms with E-state index in [9.17, 15) is 4.79 Å². The second-order valence-electron chi connectivity index (χ2n) is 11.4. The monoisotopic (exact) mass is 561 g/mol. The fraction of sp³-hybridized carbons (Fsp3) is 0.162. The highest BCUT2D eigenvalue weighted by Crippen LogP contribution is 2.33. The van der Waals surface area contributed by atoms with Gasteiger partial charge >= 0.3 is 5.69 Å². The van der Waals surface area contributed by atoms with Crippen LogP contribution in [-0.2, 0) is 6.54 Å². The summed E-state index contributed by atoms with van der Waals surface area (Å²) in [5, 5.41) is 5.71. The number of fused-ring (bicyclic) bond motifs is 3. The topological polar surface area (TPSA) is 64.7 Å². The van der Waals surface area contributed by atoms with Gasteiger partial charge in [-0.05, 0) is 66.5 Å². The summed E-state index contributed by atoms with van der Waals surface area (Å²) in [6.45, 7) is 2.40. The van der Waals surface area contributed by atoms with Crippen LogP contribution in [0.15, 0.2) is 120 Å². The Morgan fingerprint density at radius 2 is 1.21 bits per heavy atom. The van der Waals surface area contributed by atoms with Crippen LogP contribution in [0.25, 0.3) is 55.4 Å². The smallest absolute Gasteiger partial charge is 0.317 e. The SMILES string of the molecule is O=c1n(Cc2ccc(-c3nc4cc5ccccc5cc4nc3-c3ccccc3)cc2)c2ccccc2n1C1CCNCC1. The van der Waals surface area contributed by atoms with Crippen molar-refractivity contribution in [2.45, 2.75) is 25.4 Å². The first kappa shape index (κ1) is 25.6. The maximum absolute atomic E-state index is 13.8. The van der Waals surface area contributed by atoms with E-state index in [0.29, 0.717) is 6.54 Å². The predicted octanol–water partition coefficient (Wildman–Crippen LogP) is 7.21. The molecule has 0 radical (unpaired) electrons. The van der Waals surface area contributed by atoms with Crippen LogP contribution in [0.3, 0.4) is 0 Å². The number of piperidine rings is 1. The van der Waals surface area contributed by atoms with Gasteiger partial charge in [0.05, 0.1) is 40.0 Å². The standard InChI is InChI=1S/C37H31N5O/c43-37-41(33-12-6-7-13-34(33)42(37)30-18-20-38-21-19-30)24-25-14-16-27(17-15-25)36-35(26-8-2-1-3-9-26)39-31-22-28-10-4-5-11-29(28)23-32(31)40-36/h1-17,22-23,30,38H,18-21,24H2. The van der Waals surface area contributed by atoms with Crippen LogP contribution in [-0.4, -0.2) is 32.2 Å². The number of nitrogens with zero attached hydrogens (tertiary/aromatic N) is 4. The number of para-hydroxylation sites is 2. The number of hydrogen-bond acceptors (Lipinski definition) is 4. The Balaban J connectivity index is 1.20. The lowest BCUT2D eigenvalue weighted by Crippen LogP contribution is -2.35. The Bertz CT molecular complexity index is 2160. The van der Waals surface area contributed by atoms with Gasteiger partial charge in [0.15, 0.2) is 0 Å². The van der Waals surface area contributed by atoms with Gasteiger partial charge in [0.2, 0.25) is 0 Å². The van der Waals surface area contributed by atoms with E-state index < -0.39 is 0 Å². The van der Waals surface area contributed by atoms with E-state index in [1.807, 2.05) is 39.5 Å². The van der Waals surface area contributed by atoms with Crippen molar-refractivity contribution < 1.29 is 0 Å². The van der Waals surface area contributed by atoms with Gasteiger partial charge in [0.1, 0.15) is 0 Å². The van der Waals surface area contributed by atoms with Crippen LogP contribution in [0.4, 0.5) is 0 Å². The minimum atomic E-state index is 0.0659. The Kier molecular flexibility index (Phi) is 6.34. The largest absolute Gasteiger partial charge is 0.329 e. The van der Waals surface area contributed by atoms with Gasteiger partial charge < -0.3 is 5.32 Å². The normalized spacial score (nSPS) is 14.1. The van der Waals surface area contributed by atoms with Crippen LogP contribution in [0.1, 0.15) is 24.4 Å². The van der Waals surface area contributed by atoms with Crippen LogP contribution in [0.2, 0.25) is 0 Å². The average molecular weight is 562 g/mol. The van der Waals surface area contributed by atoms with Crippen molar-refractivity contribution in [3.63, 3.8) is 0 Å². The van der Waals surface area contributed by atoms with E-state index in [-0.39, 0.29) is 11.7 Å². The number of aromatic nitrogens is 4. The number of hydrogen-bond donors (Lipinski definition) is 1. The van der Waals surface area contributed by atoms with Gasteiger partial charge in [-0.3, -0.25) is 9.13 Å². The summed E-state index contributed by atoms with van der Waals surface area (Å²) in [6.07, 6.45) is 1.93. The Labute approximate surface area is 249 Å². The highest BCUT2D eigenvalue weighted by molar-refractivity contribution is 5.97. The van der Waals surface area contributed by atoms with E-state index in [4.69, 9.17) is 9.97 Å². The number of imidazole rings is 1. The molecule has 7 aromatic rings. The second kappa shape index (κ2) is 10.6. The fourth-order valence-corrected chi connectivity index (χ4v) is 6.49. The van der Waals surface area contributed by atoms with Crippen molar-refractivity contribution in [2.75, 3.05) is 13.1 Å². The fourth-order valence-electron chi connectivity index (χ4n) is 6.49. The highest BCUT2D eigenvalue weighted by atomic mass is 16.1. The third-order valence-electron chi connectivity index (χ3n) is 8.69. The van der Waals surface area contributed by atoms with Gasteiger partial charge in [0.25, 0.3) is 0 Å². The summed E-state index contributed by atoms with van der Waals surface area (Å²) >= 11 is 0. The molecule has 0 amide bonds. The van der Waals surface area contributed by atoms with Gasteiger partial charge in [-0.15, -0.1) is 0 Å². The maximum atomic E-state index is 13.8. The zero-order valence-corrected chi connectivity index (χ0v) is 23.8. The van der Waals surface area contributed by atoms with Gasteiger partial charge in [0, 0.05) is 17.2 Å². The van der Waals surface area contributed by atoms with Crippen molar-refractivity contribution in [1.82, 2.24) is 24.4 Å². The molecular formula is C37H31N5O. The summed E-state index contributed by atoms with van der Waals surface area (Å²) in [4.78, 5) is 24.1. The highest BCUT2D eigenvalue weighted by Gasteiger charge is 2.22. The second-order valence-corrected chi connectivity index (χ2v) is 11.4. The molecule has 1 aliphatic rings. The van der Waals surface area contributed by atoms with E-state index in [1.165, 1.54) is 0 Å². The van der Waals surface area contributed by atoms with Crippen LogP contribution in [0.5, 0.6) is 0 Å². The molecule has 3 heterocycles. The molecule has 6 nitrogen and oxygen atoms in total. The van der Waals surface area contributed by atoms with Gasteiger partial charge in [-0.25, -0.2) is 14.8 Å². The molecule has 1 saturated heterocycles. The van der Waals surface area contributed by atoms with Crippen molar-refractivity contribution >= 4 is 32.8 Å². The van der Waals surface area contributed by atoms with Crippen molar-refractivity contribution in [1.29, 1.82) is 0 Å². The molecule has 210 valence electrons. The summed E-state index contributed by atoms with van der Waals surface area (Å²) < 4.78 is 3.94. The molecule has 0 saturated carbocycles. The van der Waals surface area contributed by atoms with Crippen molar-refractivity contribution in [3.8, 4) is 22.5 Å². The molecule has 0 atom stereocenters. The predicted molar refractivity (Wildman–Crippen MR) is 174 cm³/mol. The summed E-state index contributed by atoms with van der Waals surface area (Å²) in [5.41, 5.74) is 8.61. The molecule has 8 rings (SSSR count).